The molecule has 0 bridgehead atoms. The van der Waals surface area contributed by atoms with Crippen LogP contribution in [-0.2, 0) is 0 Å². The van der Waals surface area contributed by atoms with Gasteiger partial charge in [0.05, 0.1) is 18.3 Å². The van der Waals surface area contributed by atoms with Crippen LogP contribution in [0.15, 0.2) is 21.6 Å². The molecule has 3 heteroatoms. The lowest BCUT2D eigenvalue weighted by Crippen LogP contribution is -2.13. The Balaban J connectivity index is 2.06. The third-order valence-electron chi connectivity index (χ3n) is 3.21. The predicted molar refractivity (Wildman–Crippen MR) is 65.3 cm³/mol. The van der Waals surface area contributed by atoms with Gasteiger partial charge in [0.1, 0.15) is 5.76 Å². The first kappa shape index (κ1) is 11.6. The van der Waals surface area contributed by atoms with Crippen molar-refractivity contribution in [2.75, 3.05) is 0 Å². The van der Waals surface area contributed by atoms with Gasteiger partial charge in [-0.05, 0) is 25.8 Å². The van der Waals surface area contributed by atoms with Crippen LogP contribution >= 0.6 is 11.8 Å². The lowest BCUT2D eigenvalue weighted by molar-refractivity contribution is 0.526. The Morgan fingerprint density at radius 2 is 2.19 bits per heavy atom. The van der Waals surface area contributed by atoms with Crippen molar-refractivity contribution in [3.63, 3.8) is 0 Å². The van der Waals surface area contributed by atoms with Gasteiger partial charge in [0, 0.05) is 10.1 Å². The first-order valence-corrected chi connectivity index (χ1v) is 6.79. The summed E-state index contributed by atoms with van der Waals surface area (Å²) in [5.74, 6) is 1.19. The molecule has 1 aliphatic rings. The minimum atomic E-state index is 0.210. The Morgan fingerprint density at radius 1 is 1.38 bits per heavy atom. The number of nitriles is 1. The van der Waals surface area contributed by atoms with Crippen LogP contribution in [0.3, 0.4) is 0 Å². The highest BCUT2D eigenvalue weighted by Crippen LogP contribution is 2.37. The van der Waals surface area contributed by atoms with Crippen molar-refractivity contribution >= 4 is 11.8 Å². The summed E-state index contributed by atoms with van der Waals surface area (Å²) in [6.07, 6.45) is 7.69. The number of rotatable bonds is 2. The second-order valence-electron chi connectivity index (χ2n) is 4.37. The summed E-state index contributed by atoms with van der Waals surface area (Å²) < 4.78 is 5.30. The van der Waals surface area contributed by atoms with Crippen molar-refractivity contribution in [3.05, 3.63) is 18.1 Å². The highest BCUT2D eigenvalue weighted by atomic mass is 32.2. The molecule has 1 aromatic rings. The molecular formula is C13H17NOS. The molecule has 0 radical (unpaired) electrons. The minimum Gasteiger partial charge on any atom is -0.468 e. The molecule has 86 valence electrons. The fraction of sp³-hybridized carbons (Fsp3) is 0.615. The molecule has 0 aliphatic heterocycles. The zero-order valence-corrected chi connectivity index (χ0v) is 10.4. The molecule has 0 amide bonds. The topological polar surface area (TPSA) is 36.9 Å². The molecule has 0 aromatic carbocycles. The summed E-state index contributed by atoms with van der Waals surface area (Å²) >= 11 is 1.83. The summed E-state index contributed by atoms with van der Waals surface area (Å²) in [5.41, 5.74) is 0. The van der Waals surface area contributed by atoms with E-state index in [9.17, 15) is 5.26 Å². The Labute approximate surface area is 101 Å². The lowest BCUT2D eigenvalue weighted by atomic mass is 10.0. The van der Waals surface area contributed by atoms with Crippen molar-refractivity contribution in [1.29, 1.82) is 5.26 Å². The highest BCUT2D eigenvalue weighted by Gasteiger charge is 2.25. The van der Waals surface area contributed by atoms with Gasteiger partial charge in [0.2, 0.25) is 0 Å². The average Bonchev–Trinajstić information content (AvgIpc) is 2.56. The number of aryl methyl sites for hydroxylation is 1. The molecule has 1 aliphatic carbocycles. The van der Waals surface area contributed by atoms with E-state index >= 15 is 0 Å². The summed E-state index contributed by atoms with van der Waals surface area (Å²) in [5, 5.41) is 9.65. The highest BCUT2D eigenvalue weighted by molar-refractivity contribution is 8.00. The molecular weight excluding hydrogens is 218 g/mol. The molecule has 1 fully saturated rings. The smallest absolute Gasteiger partial charge is 0.114 e. The van der Waals surface area contributed by atoms with E-state index in [1.54, 1.807) is 6.26 Å². The third-order valence-corrected chi connectivity index (χ3v) is 4.75. The molecule has 0 spiro atoms. The summed E-state index contributed by atoms with van der Waals surface area (Å²) in [4.78, 5) is 1.20. The van der Waals surface area contributed by atoms with E-state index in [0.29, 0.717) is 5.25 Å². The van der Waals surface area contributed by atoms with Gasteiger partial charge in [0.25, 0.3) is 0 Å². The van der Waals surface area contributed by atoms with Crippen LogP contribution in [0.5, 0.6) is 0 Å². The maximum atomic E-state index is 9.20. The van der Waals surface area contributed by atoms with Crippen LogP contribution in [0.1, 0.15) is 37.9 Å². The zero-order valence-electron chi connectivity index (χ0n) is 9.61. The maximum absolute atomic E-state index is 9.20. The van der Waals surface area contributed by atoms with Crippen LogP contribution in [-0.4, -0.2) is 5.25 Å². The Kier molecular flexibility index (Phi) is 3.95. The van der Waals surface area contributed by atoms with Crippen LogP contribution in [0.25, 0.3) is 0 Å². The van der Waals surface area contributed by atoms with Gasteiger partial charge in [-0.3, -0.25) is 0 Å². The Bertz CT molecular complexity index is 380. The van der Waals surface area contributed by atoms with Crippen LogP contribution in [0, 0.1) is 24.2 Å². The van der Waals surface area contributed by atoms with E-state index in [-0.39, 0.29) is 5.92 Å². The zero-order chi connectivity index (χ0) is 11.4. The van der Waals surface area contributed by atoms with Crippen molar-refractivity contribution in [1.82, 2.24) is 0 Å². The predicted octanol–water partition coefficient (Wildman–Crippen LogP) is 4.15. The molecule has 0 N–H and O–H groups in total. The Hall–Kier alpha value is -0.880. The van der Waals surface area contributed by atoms with Gasteiger partial charge in [-0.2, -0.15) is 5.26 Å². The standard InChI is InChI=1S/C13H17NOS/c1-10-12(7-8-15-10)16-13-6-4-2-3-5-11(13)9-14/h7-8,11,13H,2-6H2,1H3. The van der Waals surface area contributed by atoms with Crippen LogP contribution in [0.2, 0.25) is 0 Å². The maximum Gasteiger partial charge on any atom is 0.114 e. The monoisotopic (exact) mass is 235 g/mol. The van der Waals surface area contributed by atoms with Gasteiger partial charge in [-0.25, -0.2) is 0 Å². The molecule has 2 rings (SSSR count). The van der Waals surface area contributed by atoms with E-state index in [0.717, 1.165) is 18.6 Å². The normalized spacial score (nSPS) is 26.0. The molecule has 1 saturated carbocycles. The van der Waals surface area contributed by atoms with Gasteiger partial charge in [-0.1, -0.05) is 19.3 Å². The average molecular weight is 235 g/mol. The number of hydrogen-bond acceptors (Lipinski definition) is 3. The first-order chi connectivity index (χ1) is 7.81. The minimum absolute atomic E-state index is 0.210. The molecule has 2 atom stereocenters. The van der Waals surface area contributed by atoms with Crippen LogP contribution in [0.4, 0.5) is 0 Å². The summed E-state index contributed by atoms with van der Waals surface area (Å²) in [6, 6.07) is 4.49. The van der Waals surface area contributed by atoms with Gasteiger partial charge in [0.15, 0.2) is 0 Å². The molecule has 16 heavy (non-hydrogen) atoms. The van der Waals surface area contributed by atoms with Gasteiger partial charge in [-0.15, -0.1) is 11.8 Å². The number of hydrogen-bond donors (Lipinski definition) is 0. The van der Waals surface area contributed by atoms with Gasteiger partial charge < -0.3 is 4.42 Å². The second-order valence-corrected chi connectivity index (χ2v) is 5.65. The number of furan rings is 1. The molecule has 2 nitrogen and oxygen atoms in total. The van der Waals surface area contributed by atoms with Crippen molar-refractivity contribution in [2.24, 2.45) is 5.92 Å². The number of nitrogens with zero attached hydrogens (tertiary/aromatic N) is 1. The van der Waals surface area contributed by atoms with E-state index in [1.165, 1.54) is 24.2 Å². The molecule has 2 unspecified atom stereocenters. The van der Waals surface area contributed by atoms with E-state index < -0.39 is 0 Å². The summed E-state index contributed by atoms with van der Waals surface area (Å²) in [7, 11) is 0. The van der Waals surface area contributed by atoms with E-state index in [1.807, 2.05) is 24.8 Å². The fourth-order valence-corrected chi connectivity index (χ4v) is 3.54. The largest absolute Gasteiger partial charge is 0.468 e. The SMILES string of the molecule is Cc1occc1SC1CCCCCC1C#N. The van der Waals surface area contributed by atoms with Gasteiger partial charge >= 0.3 is 0 Å². The fourth-order valence-electron chi connectivity index (χ4n) is 2.22. The quantitative estimate of drug-likeness (QED) is 0.722. The van der Waals surface area contributed by atoms with E-state index in [4.69, 9.17) is 4.42 Å². The number of thioether (sulfide) groups is 1. The molecule has 1 heterocycles. The summed E-state index contributed by atoms with van der Waals surface area (Å²) in [6.45, 7) is 1.99. The lowest BCUT2D eigenvalue weighted by Gasteiger charge is -2.17. The molecule has 1 aromatic heterocycles. The third kappa shape index (κ3) is 2.62. The molecule has 0 saturated heterocycles. The van der Waals surface area contributed by atoms with Crippen molar-refractivity contribution in [3.8, 4) is 6.07 Å². The Morgan fingerprint density at radius 3 is 2.88 bits per heavy atom. The van der Waals surface area contributed by atoms with Crippen molar-refractivity contribution in [2.45, 2.75) is 49.2 Å². The first-order valence-electron chi connectivity index (χ1n) is 5.91. The second kappa shape index (κ2) is 5.45. The van der Waals surface area contributed by atoms with E-state index in [2.05, 4.69) is 6.07 Å². The van der Waals surface area contributed by atoms with Crippen molar-refractivity contribution < 1.29 is 4.42 Å². The van der Waals surface area contributed by atoms with Crippen LogP contribution < -0.4 is 0 Å².